The van der Waals surface area contributed by atoms with Gasteiger partial charge in [-0.1, -0.05) is 18.2 Å². The van der Waals surface area contributed by atoms with Gasteiger partial charge in [-0.05, 0) is 26.8 Å². The third kappa shape index (κ3) is 3.99. The fourth-order valence-corrected chi connectivity index (χ4v) is 2.80. The zero-order chi connectivity index (χ0) is 16.1. The van der Waals surface area contributed by atoms with E-state index < -0.39 is 0 Å². The maximum atomic E-state index is 12.5. The van der Waals surface area contributed by atoms with E-state index in [1.165, 1.54) is 0 Å². The Morgan fingerprint density at radius 1 is 1.41 bits per heavy atom. The number of rotatable bonds is 5. The molecule has 2 rings (SSSR count). The summed E-state index contributed by atoms with van der Waals surface area (Å²) in [6, 6.07) is 7.51. The number of methoxy groups -OCH3 is 1. The summed E-state index contributed by atoms with van der Waals surface area (Å²) in [5.41, 5.74) is 0.987. The zero-order valence-corrected chi connectivity index (χ0v) is 13.8. The van der Waals surface area contributed by atoms with Gasteiger partial charge < -0.3 is 14.8 Å². The highest BCUT2D eigenvalue weighted by atomic mass is 16.5. The Kier molecular flexibility index (Phi) is 5.80. The molecular formula is C17H26N2O3. The van der Waals surface area contributed by atoms with Gasteiger partial charge in [-0.3, -0.25) is 9.69 Å². The number of amides is 1. The lowest BCUT2D eigenvalue weighted by molar-refractivity contribution is -0.129. The molecule has 1 aromatic rings. The lowest BCUT2D eigenvalue weighted by atomic mass is 10.1. The van der Waals surface area contributed by atoms with E-state index in [4.69, 9.17) is 9.47 Å². The van der Waals surface area contributed by atoms with Gasteiger partial charge in [-0.25, -0.2) is 0 Å². The van der Waals surface area contributed by atoms with Crippen LogP contribution in [0.4, 0.5) is 0 Å². The van der Waals surface area contributed by atoms with E-state index in [0.29, 0.717) is 6.61 Å². The molecule has 5 nitrogen and oxygen atoms in total. The van der Waals surface area contributed by atoms with Crippen molar-refractivity contribution >= 4 is 5.91 Å². The van der Waals surface area contributed by atoms with Crippen LogP contribution in [-0.4, -0.2) is 49.8 Å². The first-order chi connectivity index (χ1) is 10.5. The van der Waals surface area contributed by atoms with Gasteiger partial charge in [0.05, 0.1) is 31.9 Å². The molecule has 0 radical (unpaired) electrons. The van der Waals surface area contributed by atoms with Crippen LogP contribution < -0.4 is 10.1 Å². The van der Waals surface area contributed by atoms with Crippen LogP contribution in [0.3, 0.4) is 0 Å². The van der Waals surface area contributed by atoms with Crippen molar-refractivity contribution in [3.8, 4) is 5.75 Å². The van der Waals surface area contributed by atoms with Gasteiger partial charge in [0, 0.05) is 18.7 Å². The minimum Gasteiger partial charge on any atom is -0.496 e. The van der Waals surface area contributed by atoms with Crippen molar-refractivity contribution in [2.24, 2.45) is 0 Å². The fourth-order valence-electron chi connectivity index (χ4n) is 2.80. The molecular weight excluding hydrogens is 280 g/mol. The second kappa shape index (κ2) is 7.61. The molecule has 0 aliphatic carbocycles. The molecule has 1 heterocycles. The van der Waals surface area contributed by atoms with Crippen molar-refractivity contribution in [3.05, 3.63) is 29.8 Å². The highest BCUT2D eigenvalue weighted by molar-refractivity contribution is 5.81. The predicted octanol–water partition coefficient (Wildman–Crippen LogP) is 1.98. The number of para-hydroxylation sites is 1. The number of benzene rings is 1. The van der Waals surface area contributed by atoms with Crippen molar-refractivity contribution in [1.82, 2.24) is 10.2 Å². The number of morpholine rings is 1. The average molecular weight is 306 g/mol. The topological polar surface area (TPSA) is 50.8 Å². The van der Waals surface area contributed by atoms with Crippen LogP contribution in [0, 0.1) is 0 Å². The average Bonchev–Trinajstić information content (AvgIpc) is 2.53. The first kappa shape index (κ1) is 16.8. The van der Waals surface area contributed by atoms with Gasteiger partial charge in [0.25, 0.3) is 0 Å². The molecule has 1 aromatic carbocycles. The minimum atomic E-state index is -0.163. The molecule has 3 atom stereocenters. The first-order valence-electron chi connectivity index (χ1n) is 7.82. The number of hydrogen-bond donors (Lipinski definition) is 1. The maximum absolute atomic E-state index is 12.5. The largest absolute Gasteiger partial charge is 0.496 e. The van der Waals surface area contributed by atoms with E-state index >= 15 is 0 Å². The van der Waals surface area contributed by atoms with Crippen molar-refractivity contribution in [1.29, 1.82) is 0 Å². The molecule has 0 saturated carbocycles. The molecule has 1 aliphatic heterocycles. The summed E-state index contributed by atoms with van der Waals surface area (Å²) in [6.07, 6.45) is 0.177. The molecule has 1 amide bonds. The summed E-state index contributed by atoms with van der Waals surface area (Å²) in [6.45, 7) is 8.22. The fraction of sp³-hybridized carbons (Fsp3) is 0.588. The Labute approximate surface area is 132 Å². The van der Waals surface area contributed by atoms with Crippen LogP contribution in [0.25, 0.3) is 0 Å². The first-order valence-corrected chi connectivity index (χ1v) is 7.82. The summed E-state index contributed by atoms with van der Waals surface area (Å²) >= 11 is 0. The van der Waals surface area contributed by atoms with Crippen LogP contribution >= 0.6 is 0 Å². The SMILES string of the molecule is COc1ccccc1C(C)NC(=O)C(C)N1CCOC(C)C1. The molecule has 122 valence electrons. The van der Waals surface area contributed by atoms with Crippen LogP contribution in [0.2, 0.25) is 0 Å². The lowest BCUT2D eigenvalue weighted by Gasteiger charge is -2.35. The van der Waals surface area contributed by atoms with Crippen LogP contribution in [0.5, 0.6) is 5.75 Å². The molecule has 22 heavy (non-hydrogen) atoms. The van der Waals surface area contributed by atoms with E-state index in [2.05, 4.69) is 10.2 Å². The van der Waals surface area contributed by atoms with E-state index in [-0.39, 0.29) is 24.1 Å². The van der Waals surface area contributed by atoms with E-state index in [0.717, 1.165) is 24.4 Å². The summed E-state index contributed by atoms with van der Waals surface area (Å²) in [4.78, 5) is 14.7. The quantitative estimate of drug-likeness (QED) is 0.904. The number of carbonyl (C=O) groups is 1. The normalized spacial score (nSPS) is 21.9. The molecule has 1 N–H and O–H groups in total. The Morgan fingerprint density at radius 2 is 2.14 bits per heavy atom. The van der Waals surface area contributed by atoms with Crippen molar-refractivity contribution in [2.75, 3.05) is 26.8 Å². The molecule has 3 unspecified atom stereocenters. The second-order valence-electron chi connectivity index (χ2n) is 5.82. The van der Waals surface area contributed by atoms with Gasteiger partial charge >= 0.3 is 0 Å². The maximum Gasteiger partial charge on any atom is 0.237 e. The van der Waals surface area contributed by atoms with Crippen LogP contribution in [-0.2, 0) is 9.53 Å². The van der Waals surface area contributed by atoms with Crippen LogP contribution in [0.15, 0.2) is 24.3 Å². The molecule has 1 aliphatic rings. The van der Waals surface area contributed by atoms with E-state index in [9.17, 15) is 4.79 Å². The standard InChI is InChI=1S/C17H26N2O3/c1-12-11-19(9-10-22-12)14(3)17(20)18-13(2)15-7-5-6-8-16(15)21-4/h5-8,12-14H,9-11H2,1-4H3,(H,18,20). The number of ether oxygens (including phenoxy) is 2. The molecule has 1 fully saturated rings. The van der Waals surface area contributed by atoms with E-state index in [1.54, 1.807) is 7.11 Å². The lowest BCUT2D eigenvalue weighted by Crippen LogP contribution is -2.52. The third-order valence-electron chi connectivity index (χ3n) is 4.16. The van der Waals surface area contributed by atoms with Gasteiger partial charge in [-0.15, -0.1) is 0 Å². The smallest absolute Gasteiger partial charge is 0.237 e. The molecule has 1 saturated heterocycles. The molecule has 0 spiro atoms. The van der Waals surface area contributed by atoms with Gasteiger partial charge in [0.2, 0.25) is 5.91 Å². The van der Waals surface area contributed by atoms with Crippen molar-refractivity contribution < 1.29 is 14.3 Å². The van der Waals surface area contributed by atoms with E-state index in [1.807, 2.05) is 45.0 Å². The van der Waals surface area contributed by atoms with Gasteiger partial charge in [-0.2, -0.15) is 0 Å². The number of nitrogens with one attached hydrogen (secondary N) is 1. The number of hydrogen-bond acceptors (Lipinski definition) is 4. The Bertz CT molecular complexity index is 506. The van der Waals surface area contributed by atoms with Gasteiger partial charge in [0.15, 0.2) is 0 Å². The number of carbonyl (C=O) groups excluding carboxylic acids is 1. The van der Waals surface area contributed by atoms with Crippen molar-refractivity contribution in [3.63, 3.8) is 0 Å². The monoisotopic (exact) mass is 306 g/mol. The molecule has 5 heteroatoms. The highest BCUT2D eigenvalue weighted by Gasteiger charge is 2.27. The molecule has 0 aromatic heterocycles. The van der Waals surface area contributed by atoms with Gasteiger partial charge in [0.1, 0.15) is 5.75 Å². The summed E-state index contributed by atoms with van der Waals surface area (Å²) in [5, 5.41) is 3.08. The Morgan fingerprint density at radius 3 is 2.82 bits per heavy atom. The minimum absolute atomic E-state index is 0.0347. The number of nitrogens with zero attached hydrogens (tertiary/aromatic N) is 1. The van der Waals surface area contributed by atoms with Crippen LogP contribution in [0.1, 0.15) is 32.4 Å². The zero-order valence-electron chi connectivity index (χ0n) is 13.8. The third-order valence-corrected chi connectivity index (χ3v) is 4.16. The highest BCUT2D eigenvalue weighted by Crippen LogP contribution is 2.24. The summed E-state index contributed by atoms with van der Waals surface area (Å²) < 4.78 is 10.9. The second-order valence-corrected chi connectivity index (χ2v) is 5.82. The Balaban J connectivity index is 1.98. The predicted molar refractivity (Wildman–Crippen MR) is 86.0 cm³/mol. The Hall–Kier alpha value is -1.59. The summed E-state index contributed by atoms with van der Waals surface area (Å²) in [7, 11) is 1.64. The summed E-state index contributed by atoms with van der Waals surface area (Å²) in [5.74, 6) is 0.829. The van der Waals surface area contributed by atoms with Crippen molar-refractivity contribution in [2.45, 2.75) is 39.0 Å². The molecule has 0 bridgehead atoms.